The summed E-state index contributed by atoms with van der Waals surface area (Å²) in [6.07, 6.45) is 8.01. The van der Waals surface area contributed by atoms with Crippen molar-refractivity contribution in [1.29, 1.82) is 0 Å². The van der Waals surface area contributed by atoms with Crippen molar-refractivity contribution >= 4 is 10.0 Å². The molecule has 0 aliphatic heterocycles. The first-order chi connectivity index (χ1) is 6.75. The minimum atomic E-state index is -0.271. The van der Waals surface area contributed by atoms with Gasteiger partial charge >= 0.3 is 0 Å². The maximum absolute atomic E-state index is 2.53. The van der Waals surface area contributed by atoms with Crippen LogP contribution in [0.2, 0.25) is 0 Å². The summed E-state index contributed by atoms with van der Waals surface area (Å²) in [5.41, 5.74) is 0. The predicted octanol–water partition coefficient (Wildman–Crippen LogP) is 3.82. The van der Waals surface area contributed by atoms with Gasteiger partial charge in [-0.1, -0.05) is 32.9 Å². The molecule has 3 atom stereocenters. The van der Waals surface area contributed by atoms with Crippen molar-refractivity contribution in [1.82, 2.24) is 0 Å². The molecule has 1 fully saturated rings. The lowest BCUT2D eigenvalue weighted by molar-refractivity contribution is 0.692. The molecule has 2 aliphatic rings. The van der Waals surface area contributed by atoms with E-state index in [-0.39, 0.29) is 10.0 Å². The van der Waals surface area contributed by atoms with Crippen molar-refractivity contribution in [2.45, 2.75) is 38.9 Å². The Morgan fingerprint density at radius 2 is 1.64 bits per heavy atom. The molecule has 1 saturated carbocycles. The van der Waals surface area contributed by atoms with Crippen molar-refractivity contribution in [3.8, 4) is 0 Å². The summed E-state index contributed by atoms with van der Waals surface area (Å²) in [5, 5.41) is 1.08. The van der Waals surface area contributed by atoms with Crippen molar-refractivity contribution in [3.63, 3.8) is 0 Å². The third-order valence-corrected chi connectivity index (χ3v) is 9.86. The van der Waals surface area contributed by atoms with E-state index >= 15 is 0 Å². The van der Waals surface area contributed by atoms with Gasteiger partial charge in [-0.2, -0.15) is 0 Å². The summed E-state index contributed by atoms with van der Waals surface area (Å²) >= 11 is 0. The van der Waals surface area contributed by atoms with Crippen LogP contribution in [0.3, 0.4) is 0 Å². The molecule has 0 radical (unpaired) electrons. The number of hydrogen-bond acceptors (Lipinski definition) is 0. The summed E-state index contributed by atoms with van der Waals surface area (Å²) in [7, 11) is -0.271. The molecule has 0 nitrogen and oxygen atoms in total. The SMILES string of the molecule is CCS(CC)(CC)C1CC2C=CC1C2. The zero-order valence-corrected chi connectivity index (χ0v) is 10.6. The van der Waals surface area contributed by atoms with E-state index in [4.69, 9.17) is 0 Å². The molecule has 14 heavy (non-hydrogen) atoms. The van der Waals surface area contributed by atoms with Gasteiger partial charge in [0, 0.05) is 0 Å². The zero-order chi connectivity index (χ0) is 10.2. The van der Waals surface area contributed by atoms with E-state index in [1.807, 2.05) is 0 Å². The van der Waals surface area contributed by atoms with Gasteiger partial charge in [0.2, 0.25) is 0 Å². The molecule has 0 heterocycles. The topological polar surface area (TPSA) is 0 Å². The Kier molecular flexibility index (Phi) is 2.97. The van der Waals surface area contributed by atoms with Crippen LogP contribution in [0.1, 0.15) is 33.6 Å². The average Bonchev–Trinajstić information content (AvgIpc) is 2.83. The molecule has 82 valence electrons. The van der Waals surface area contributed by atoms with Crippen LogP contribution in [0.25, 0.3) is 0 Å². The fraction of sp³-hybridized carbons (Fsp3) is 0.846. The molecule has 0 aromatic rings. The molecule has 0 amide bonds. The fourth-order valence-corrected chi connectivity index (χ4v) is 7.67. The van der Waals surface area contributed by atoms with Crippen molar-refractivity contribution in [2.75, 3.05) is 17.3 Å². The monoisotopic (exact) mass is 212 g/mol. The number of hydrogen-bond donors (Lipinski definition) is 0. The van der Waals surface area contributed by atoms with Crippen LogP contribution in [-0.4, -0.2) is 22.5 Å². The first-order valence-electron chi connectivity index (χ1n) is 6.19. The van der Waals surface area contributed by atoms with E-state index in [0.717, 1.165) is 17.1 Å². The van der Waals surface area contributed by atoms with E-state index < -0.39 is 0 Å². The van der Waals surface area contributed by atoms with E-state index in [1.54, 1.807) is 0 Å². The third kappa shape index (κ3) is 1.44. The molecule has 1 heteroatoms. The lowest BCUT2D eigenvalue weighted by Crippen LogP contribution is -2.27. The fourth-order valence-electron chi connectivity index (χ4n) is 3.56. The first kappa shape index (κ1) is 10.6. The smallest absolute Gasteiger partial charge is 0.00432 e. The zero-order valence-electron chi connectivity index (χ0n) is 9.83. The van der Waals surface area contributed by atoms with Gasteiger partial charge in [-0.15, -0.1) is 0 Å². The summed E-state index contributed by atoms with van der Waals surface area (Å²) in [5.74, 6) is 6.31. The van der Waals surface area contributed by atoms with E-state index in [9.17, 15) is 0 Å². The summed E-state index contributed by atoms with van der Waals surface area (Å²) < 4.78 is 0. The van der Waals surface area contributed by atoms with Gasteiger partial charge in [0.15, 0.2) is 0 Å². The van der Waals surface area contributed by atoms with Crippen LogP contribution < -0.4 is 0 Å². The van der Waals surface area contributed by atoms with Gasteiger partial charge in [0.05, 0.1) is 0 Å². The van der Waals surface area contributed by atoms with Crippen molar-refractivity contribution in [3.05, 3.63) is 12.2 Å². The van der Waals surface area contributed by atoms with Crippen LogP contribution in [0.4, 0.5) is 0 Å². The minimum Gasteiger partial charge on any atom is -0.238 e. The van der Waals surface area contributed by atoms with Crippen LogP contribution in [0.15, 0.2) is 12.2 Å². The Balaban J connectivity index is 2.16. The maximum atomic E-state index is 2.53. The molecule has 0 saturated heterocycles. The van der Waals surface area contributed by atoms with Gasteiger partial charge < -0.3 is 0 Å². The molecule has 2 aliphatic carbocycles. The second-order valence-electron chi connectivity index (χ2n) is 4.80. The number of fused-ring (bicyclic) bond motifs is 2. The number of allylic oxidation sites excluding steroid dienone is 2. The molecular weight excluding hydrogens is 188 g/mol. The molecule has 2 rings (SSSR count). The highest BCUT2D eigenvalue weighted by atomic mass is 32.3. The predicted molar refractivity (Wildman–Crippen MR) is 68.4 cm³/mol. The summed E-state index contributed by atoms with van der Waals surface area (Å²) in [4.78, 5) is 0. The van der Waals surface area contributed by atoms with Crippen LogP contribution in [0.5, 0.6) is 0 Å². The van der Waals surface area contributed by atoms with Crippen molar-refractivity contribution < 1.29 is 0 Å². The summed E-state index contributed by atoms with van der Waals surface area (Å²) in [6, 6.07) is 0. The normalized spacial score (nSPS) is 36.6. The Hall–Kier alpha value is 0.0900. The first-order valence-corrected chi connectivity index (χ1v) is 8.39. The molecule has 2 bridgehead atoms. The molecule has 0 aromatic carbocycles. The molecular formula is C13H24S. The second-order valence-corrected chi connectivity index (χ2v) is 9.36. The van der Waals surface area contributed by atoms with Crippen LogP contribution in [-0.2, 0) is 0 Å². The Morgan fingerprint density at radius 1 is 1.00 bits per heavy atom. The lowest BCUT2D eigenvalue weighted by Gasteiger charge is -2.46. The van der Waals surface area contributed by atoms with E-state index in [2.05, 4.69) is 32.9 Å². The Morgan fingerprint density at radius 3 is 2.00 bits per heavy atom. The highest BCUT2D eigenvalue weighted by Crippen LogP contribution is 2.61. The van der Waals surface area contributed by atoms with Gasteiger partial charge in [-0.25, -0.2) is 10.0 Å². The number of rotatable bonds is 4. The molecule has 3 unspecified atom stereocenters. The Bertz CT molecular complexity index is 219. The highest BCUT2D eigenvalue weighted by Gasteiger charge is 2.43. The highest BCUT2D eigenvalue weighted by molar-refractivity contribution is 8.34. The largest absolute Gasteiger partial charge is 0.238 e. The third-order valence-electron chi connectivity index (χ3n) is 4.58. The van der Waals surface area contributed by atoms with Gasteiger partial charge in [-0.05, 0) is 47.2 Å². The molecule has 0 aromatic heterocycles. The van der Waals surface area contributed by atoms with E-state index in [0.29, 0.717) is 0 Å². The van der Waals surface area contributed by atoms with Gasteiger partial charge in [0.1, 0.15) is 0 Å². The van der Waals surface area contributed by atoms with Crippen LogP contribution in [0, 0.1) is 11.8 Å². The van der Waals surface area contributed by atoms with Crippen molar-refractivity contribution in [2.24, 2.45) is 11.8 Å². The molecule has 0 spiro atoms. The quantitative estimate of drug-likeness (QED) is 0.622. The Labute approximate surface area is 90.5 Å². The van der Waals surface area contributed by atoms with E-state index in [1.165, 1.54) is 30.1 Å². The average molecular weight is 212 g/mol. The van der Waals surface area contributed by atoms with Gasteiger partial charge in [0.25, 0.3) is 0 Å². The standard InChI is InChI=1S/C13H24S/c1-4-14(5-2,6-3)13-10-11-7-8-12(13)9-11/h7-8,11-13H,4-6,9-10H2,1-3H3. The second kappa shape index (κ2) is 3.92. The minimum absolute atomic E-state index is 0.271. The van der Waals surface area contributed by atoms with Gasteiger partial charge in [-0.3, -0.25) is 0 Å². The summed E-state index contributed by atoms with van der Waals surface area (Å²) in [6.45, 7) is 7.29. The maximum Gasteiger partial charge on any atom is -0.00432 e. The van der Waals surface area contributed by atoms with Crippen LogP contribution >= 0.6 is 10.0 Å². The molecule has 0 N–H and O–H groups in total. The lowest BCUT2D eigenvalue weighted by atomic mass is 10.1.